The monoisotopic (exact) mass is 575 g/mol. The molecule has 3 aromatic carbocycles. The minimum Gasteiger partial charge on any atom is -0.478 e. The molecule has 216 valence electrons. The van der Waals surface area contributed by atoms with Crippen LogP contribution in [0.3, 0.4) is 0 Å². The normalized spacial score (nSPS) is 17.0. The van der Waals surface area contributed by atoms with Gasteiger partial charge in [-0.3, -0.25) is 0 Å². The van der Waals surface area contributed by atoms with E-state index in [1.54, 1.807) is 24.3 Å². The van der Waals surface area contributed by atoms with Crippen LogP contribution >= 0.6 is 0 Å². The molecule has 7 rings (SSSR count). The molecule has 0 atom stereocenters. The van der Waals surface area contributed by atoms with Crippen LogP contribution in [0.2, 0.25) is 0 Å². The van der Waals surface area contributed by atoms with Crippen molar-refractivity contribution in [2.75, 3.05) is 11.1 Å². The highest BCUT2D eigenvalue weighted by Crippen LogP contribution is 2.37. The highest BCUT2D eigenvalue weighted by atomic mass is 19.1. The number of halogens is 1. The zero-order chi connectivity index (χ0) is 29.5. The maximum atomic E-state index is 14.3. The molecule has 1 saturated carbocycles. The van der Waals surface area contributed by atoms with Crippen molar-refractivity contribution in [1.82, 2.24) is 24.3 Å². The quantitative estimate of drug-likeness (QED) is 0.198. The van der Waals surface area contributed by atoms with Gasteiger partial charge >= 0.3 is 5.97 Å². The Hall–Kier alpha value is -5.25. The molecule has 9 nitrogen and oxygen atoms in total. The van der Waals surface area contributed by atoms with Crippen LogP contribution in [0.5, 0.6) is 0 Å². The van der Waals surface area contributed by atoms with E-state index in [4.69, 9.17) is 15.9 Å². The number of nitrogens with one attached hydrogen (secondary N) is 1. The number of nitrogen functional groups attached to an aromatic ring is 1. The van der Waals surface area contributed by atoms with E-state index in [0.717, 1.165) is 64.6 Å². The Bertz CT molecular complexity index is 1960. The molecule has 6 aromatic rings. The largest absolute Gasteiger partial charge is 0.478 e. The Labute approximate surface area is 246 Å². The molecule has 3 heterocycles. The third-order valence-corrected chi connectivity index (χ3v) is 8.41. The fraction of sp³-hybridized carbons (Fsp3) is 0.212. The van der Waals surface area contributed by atoms with E-state index < -0.39 is 5.97 Å². The summed E-state index contributed by atoms with van der Waals surface area (Å²) < 4.78 is 18.3. The van der Waals surface area contributed by atoms with Gasteiger partial charge < -0.3 is 20.7 Å². The minimum atomic E-state index is -0.930. The summed E-state index contributed by atoms with van der Waals surface area (Å²) >= 11 is 0. The lowest BCUT2D eigenvalue weighted by Crippen LogP contribution is -2.28. The van der Waals surface area contributed by atoms with Crippen LogP contribution in [0, 0.1) is 5.82 Å². The number of hydrogen-bond acceptors (Lipinski definition) is 6. The first-order valence-electron chi connectivity index (χ1n) is 14.4. The molecule has 0 unspecified atom stereocenters. The number of aromatic carboxylic acids is 1. The summed E-state index contributed by atoms with van der Waals surface area (Å²) in [7, 11) is 0. The Morgan fingerprint density at radius 1 is 1.00 bits per heavy atom. The zero-order valence-electron chi connectivity index (χ0n) is 23.3. The third kappa shape index (κ3) is 5.05. The Kier molecular flexibility index (Phi) is 6.73. The average molecular weight is 576 g/mol. The molecule has 1 aliphatic rings. The number of nitrogens with two attached hydrogens (primary N) is 1. The number of fused-ring (bicyclic) bond motifs is 2. The molecule has 10 heteroatoms. The van der Waals surface area contributed by atoms with Gasteiger partial charge in [0.15, 0.2) is 5.65 Å². The molecule has 43 heavy (non-hydrogen) atoms. The van der Waals surface area contributed by atoms with Gasteiger partial charge in [0, 0.05) is 40.0 Å². The van der Waals surface area contributed by atoms with Gasteiger partial charge in [0.25, 0.3) is 0 Å². The number of nitrogens with zero attached hydrogens (tertiary/aromatic N) is 5. The molecule has 4 N–H and O–H groups in total. The molecular weight excluding hydrogens is 545 g/mol. The number of carboxylic acid groups (broad SMARTS) is 1. The van der Waals surface area contributed by atoms with E-state index in [1.807, 2.05) is 51.8 Å². The average Bonchev–Trinajstić information content (AvgIpc) is 3.61. The van der Waals surface area contributed by atoms with E-state index in [9.17, 15) is 9.18 Å². The Balaban J connectivity index is 1.14. The first kappa shape index (κ1) is 26.6. The van der Waals surface area contributed by atoms with E-state index in [0.29, 0.717) is 17.9 Å². The van der Waals surface area contributed by atoms with Crippen molar-refractivity contribution < 1.29 is 14.3 Å². The maximum Gasteiger partial charge on any atom is 0.335 e. The van der Waals surface area contributed by atoms with E-state index in [1.165, 1.54) is 12.4 Å². The molecule has 0 aliphatic heterocycles. The van der Waals surface area contributed by atoms with Gasteiger partial charge in [-0.05, 0) is 74.2 Å². The van der Waals surface area contributed by atoms with Gasteiger partial charge in [-0.1, -0.05) is 24.3 Å². The van der Waals surface area contributed by atoms with Crippen molar-refractivity contribution in [3.8, 4) is 11.3 Å². The molecule has 0 bridgehead atoms. The first-order chi connectivity index (χ1) is 20.9. The molecule has 0 spiro atoms. The van der Waals surface area contributed by atoms with Crippen LogP contribution in [0.1, 0.15) is 47.6 Å². The van der Waals surface area contributed by atoms with Gasteiger partial charge in [0.05, 0.1) is 23.5 Å². The standard InChI is InChI=1S/C33H30FN7O2/c34-27-4-2-1-3-23(27)18-40-16-15-21-17-22(7-14-28(21)40)30-29-31(35)36-19-37-32(29)41(39-30)26-12-10-25(11-13-26)38-24-8-5-20(6-9-24)33(42)43/h1-9,14-17,19,25-26,38H,10-13,18H2,(H,42,43)(H2,35,36,37)/t25-,26+. The van der Waals surface area contributed by atoms with Crippen LogP contribution < -0.4 is 11.1 Å². The van der Waals surface area contributed by atoms with Crippen molar-refractivity contribution in [2.24, 2.45) is 0 Å². The van der Waals surface area contributed by atoms with Crippen molar-refractivity contribution in [3.63, 3.8) is 0 Å². The smallest absolute Gasteiger partial charge is 0.335 e. The van der Waals surface area contributed by atoms with Gasteiger partial charge in [-0.15, -0.1) is 0 Å². The lowest BCUT2D eigenvalue weighted by atomic mass is 9.91. The molecule has 1 aliphatic carbocycles. The predicted molar refractivity (Wildman–Crippen MR) is 164 cm³/mol. The van der Waals surface area contributed by atoms with Gasteiger partial charge in [0.2, 0.25) is 0 Å². The Morgan fingerprint density at radius 3 is 2.56 bits per heavy atom. The zero-order valence-corrected chi connectivity index (χ0v) is 23.3. The molecule has 3 aromatic heterocycles. The molecule has 0 radical (unpaired) electrons. The van der Waals surface area contributed by atoms with E-state index in [2.05, 4.69) is 21.4 Å². The lowest BCUT2D eigenvalue weighted by molar-refractivity contribution is 0.0697. The fourth-order valence-electron chi connectivity index (χ4n) is 6.16. The summed E-state index contributed by atoms with van der Waals surface area (Å²) in [5, 5.41) is 19.5. The molecule has 0 saturated heterocycles. The molecule has 1 fully saturated rings. The van der Waals surface area contributed by atoms with Crippen LogP contribution in [0.25, 0.3) is 33.2 Å². The molecular formula is C33H30FN7O2. The highest BCUT2D eigenvalue weighted by molar-refractivity contribution is 6.00. The van der Waals surface area contributed by atoms with Crippen molar-refractivity contribution in [1.29, 1.82) is 0 Å². The first-order valence-corrected chi connectivity index (χ1v) is 14.4. The van der Waals surface area contributed by atoms with Crippen LogP contribution in [0.15, 0.2) is 85.3 Å². The summed E-state index contributed by atoms with van der Waals surface area (Å²) in [6, 6.07) is 22.3. The highest BCUT2D eigenvalue weighted by Gasteiger charge is 2.27. The Morgan fingerprint density at radius 2 is 1.79 bits per heavy atom. The number of anilines is 2. The van der Waals surface area contributed by atoms with E-state index in [-0.39, 0.29) is 23.5 Å². The van der Waals surface area contributed by atoms with Crippen molar-refractivity contribution in [3.05, 3.63) is 102 Å². The number of hydrogen-bond donors (Lipinski definition) is 3. The van der Waals surface area contributed by atoms with Gasteiger partial charge in [-0.25, -0.2) is 23.8 Å². The minimum absolute atomic E-state index is 0.156. The summed E-state index contributed by atoms with van der Waals surface area (Å²) in [5.74, 6) is -0.753. The van der Waals surface area contributed by atoms with Crippen molar-refractivity contribution >= 4 is 39.4 Å². The van der Waals surface area contributed by atoms with Crippen LogP contribution in [0.4, 0.5) is 15.9 Å². The third-order valence-electron chi connectivity index (χ3n) is 8.41. The van der Waals surface area contributed by atoms with Crippen molar-refractivity contribution in [2.45, 2.75) is 44.3 Å². The predicted octanol–water partition coefficient (Wildman–Crippen LogP) is 6.51. The second-order valence-electron chi connectivity index (χ2n) is 11.1. The van der Waals surface area contributed by atoms with Gasteiger partial charge in [-0.2, -0.15) is 5.10 Å². The fourth-order valence-corrected chi connectivity index (χ4v) is 6.16. The lowest BCUT2D eigenvalue weighted by Gasteiger charge is -2.30. The number of carbonyl (C=O) groups is 1. The summed E-state index contributed by atoms with van der Waals surface area (Å²) in [5.41, 5.74) is 11.6. The SMILES string of the molecule is Nc1ncnc2c1c(-c1ccc3c(ccn3Cc3ccccc3F)c1)nn2[C@H]1CC[C@@H](Nc2ccc(C(=O)O)cc2)CC1. The summed E-state index contributed by atoms with van der Waals surface area (Å²) in [4.78, 5) is 20.0. The number of benzene rings is 3. The summed E-state index contributed by atoms with van der Waals surface area (Å²) in [6.45, 7) is 0.443. The number of aromatic nitrogens is 5. The topological polar surface area (TPSA) is 124 Å². The number of carboxylic acids is 1. The van der Waals surface area contributed by atoms with E-state index >= 15 is 0 Å². The number of rotatable bonds is 7. The summed E-state index contributed by atoms with van der Waals surface area (Å²) in [6.07, 6.45) is 7.14. The van der Waals surface area contributed by atoms with Crippen LogP contribution in [-0.2, 0) is 6.54 Å². The maximum absolute atomic E-state index is 14.3. The second-order valence-corrected chi connectivity index (χ2v) is 11.1. The van der Waals surface area contributed by atoms with Gasteiger partial charge in [0.1, 0.15) is 23.7 Å². The second kappa shape index (κ2) is 10.9. The molecule has 0 amide bonds. The van der Waals surface area contributed by atoms with Crippen LogP contribution in [-0.4, -0.2) is 41.4 Å².